The van der Waals surface area contributed by atoms with Crippen molar-refractivity contribution in [3.8, 4) is 17.2 Å². The van der Waals surface area contributed by atoms with E-state index >= 15 is 0 Å². The second kappa shape index (κ2) is 10.6. The largest absolute Gasteiger partial charge is 0.457 e. The predicted octanol–water partition coefficient (Wildman–Crippen LogP) is 6.07. The van der Waals surface area contributed by atoms with Crippen LogP contribution >= 0.6 is 0 Å². The molecule has 0 radical (unpaired) electrons. The molecule has 8 nitrogen and oxygen atoms in total. The quantitative estimate of drug-likeness (QED) is 0.253. The van der Waals surface area contributed by atoms with Crippen LogP contribution in [0.1, 0.15) is 38.1 Å². The van der Waals surface area contributed by atoms with Crippen molar-refractivity contribution < 1.29 is 28.2 Å². The molecular weight excluding hydrogens is 474 g/mol. The van der Waals surface area contributed by atoms with Crippen molar-refractivity contribution in [2.24, 2.45) is 0 Å². The van der Waals surface area contributed by atoms with Gasteiger partial charge in [-0.2, -0.15) is 0 Å². The Labute approximate surface area is 213 Å². The summed E-state index contributed by atoms with van der Waals surface area (Å²) in [5.74, 6) is 0.267. The number of aryl methyl sites for hydroxylation is 1. The van der Waals surface area contributed by atoms with Gasteiger partial charge in [0.15, 0.2) is 6.04 Å². The zero-order valence-corrected chi connectivity index (χ0v) is 20.9. The van der Waals surface area contributed by atoms with Crippen molar-refractivity contribution in [3.05, 3.63) is 100 Å². The van der Waals surface area contributed by atoms with Crippen molar-refractivity contribution in [1.29, 1.82) is 0 Å². The number of benzene rings is 3. The standard InChI is InChI=1S/C29H27NO7/c1-18-26(35-20-13-9-6-10-14-20)25(31)22-16-15-21(17-23(22)34-18)36-27(32)24(19-11-7-5-8-12-19)30-28(33)37-29(2,3)4/h5-17,24H,1-4H3,(H,30,33). The molecule has 0 aliphatic carbocycles. The smallest absolute Gasteiger partial charge is 0.408 e. The first-order chi connectivity index (χ1) is 17.6. The highest BCUT2D eigenvalue weighted by Crippen LogP contribution is 2.28. The number of alkyl carbamates (subject to hydrolysis) is 1. The highest BCUT2D eigenvalue weighted by molar-refractivity contribution is 5.86. The first-order valence-electron chi connectivity index (χ1n) is 11.7. The van der Waals surface area contributed by atoms with Crippen LogP contribution in [0.2, 0.25) is 0 Å². The third-order valence-electron chi connectivity index (χ3n) is 5.20. The SMILES string of the molecule is Cc1oc2cc(OC(=O)C(NC(=O)OC(C)(C)C)c3ccccc3)ccc2c(=O)c1Oc1ccccc1. The summed E-state index contributed by atoms with van der Waals surface area (Å²) >= 11 is 0. The van der Waals surface area contributed by atoms with E-state index in [1.807, 2.05) is 6.07 Å². The van der Waals surface area contributed by atoms with Crippen LogP contribution < -0.4 is 20.2 Å². The fourth-order valence-corrected chi connectivity index (χ4v) is 3.58. The summed E-state index contributed by atoms with van der Waals surface area (Å²) in [4.78, 5) is 38.6. The number of hydrogen-bond acceptors (Lipinski definition) is 7. The summed E-state index contributed by atoms with van der Waals surface area (Å²) < 4.78 is 22.5. The van der Waals surface area contributed by atoms with Crippen LogP contribution in [-0.2, 0) is 9.53 Å². The topological polar surface area (TPSA) is 104 Å². The van der Waals surface area contributed by atoms with Crippen LogP contribution in [0.15, 0.2) is 88.1 Å². The van der Waals surface area contributed by atoms with Crippen molar-refractivity contribution in [3.63, 3.8) is 0 Å². The number of amides is 1. The molecule has 0 bridgehead atoms. The van der Waals surface area contributed by atoms with Gasteiger partial charge in [0.2, 0.25) is 11.2 Å². The van der Waals surface area contributed by atoms with Gasteiger partial charge in [0.05, 0.1) is 5.39 Å². The third kappa shape index (κ3) is 6.35. The molecule has 190 valence electrons. The maximum atomic E-state index is 13.1. The zero-order chi connectivity index (χ0) is 26.6. The van der Waals surface area contributed by atoms with E-state index in [9.17, 15) is 14.4 Å². The number of esters is 1. The molecule has 3 aromatic carbocycles. The highest BCUT2D eigenvalue weighted by atomic mass is 16.6. The van der Waals surface area contributed by atoms with E-state index in [2.05, 4.69) is 5.32 Å². The van der Waals surface area contributed by atoms with Gasteiger partial charge >= 0.3 is 12.1 Å². The average Bonchev–Trinajstić information content (AvgIpc) is 2.85. The van der Waals surface area contributed by atoms with E-state index in [0.29, 0.717) is 11.3 Å². The normalized spacial score (nSPS) is 12.0. The lowest BCUT2D eigenvalue weighted by atomic mass is 10.1. The number of hydrogen-bond donors (Lipinski definition) is 1. The molecule has 0 fully saturated rings. The minimum absolute atomic E-state index is 0.0779. The molecule has 37 heavy (non-hydrogen) atoms. The summed E-state index contributed by atoms with van der Waals surface area (Å²) in [6, 6.07) is 20.9. The molecule has 4 aromatic rings. The Morgan fingerprint density at radius 3 is 2.19 bits per heavy atom. The lowest BCUT2D eigenvalue weighted by molar-refractivity contribution is -0.137. The molecule has 8 heteroatoms. The van der Waals surface area contributed by atoms with E-state index in [-0.39, 0.29) is 33.7 Å². The average molecular weight is 502 g/mol. The van der Waals surface area contributed by atoms with Gasteiger partial charge in [-0.25, -0.2) is 9.59 Å². The first kappa shape index (κ1) is 25.5. The molecule has 0 saturated carbocycles. The summed E-state index contributed by atoms with van der Waals surface area (Å²) in [5, 5.41) is 2.84. The van der Waals surface area contributed by atoms with Gasteiger partial charge < -0.3 is 23.9 Å². The van der Waals surface area contributed by atoms with Gasteiger partial charge in [-0.1, -0.05) is 48.5 Å². The highest BCUT2D eigenvalue weighted by Gasteiger charge is 2.28. The van der Waals surface area contributed by atoms with E-state index in [4.69, 9.17) is 18.6 Å². The number of carbonyl (C=O) groups is 2. The lowest BCUT2D eigenvalue weighted by Gasteiger charge is -2.23. The van der Waals surface area contributed by atoms with Crippen LogP contribution in [0.25, 0.3) is 11.0 Å². The molecule has 0 aliphatic heterocycles. The van der Waals surface area contributed by atoms with Crippen molar-refractivity contribution in [2.45, 2.75) is 39.3 Å². The van der Waals surface area contributed by atoms with Crippen LogP contribution in [0, 0.1) is 6.92 Å². The van der Waals surface area contributed by atoms with Crippen LogP contribution in [0.3, 0.4) is 0 Å². The molecule has 1 unspecified atom stereocenters. The molecule has 0 aliphatic rings. The predicted molar refractivity (Wildman–Crippen MR) is 138 cm³/mol. The fourth-order valence-electron chi connectivity index (χ4n) is 3.58. The van der Waals surface area contributed by atoms with Gasteiger partial charge in [0, 0.05) is 6.07 Å². The van der Waals surface area contributed by atoms with Gasteiger partial charge in [-0.3, -0.25) is 4.79 Å². The minimum Gasteiger partial charge on any atom is -0.457 e. The summed E-state index contributed by atoms with van der Waals surface area (Å²) in [7, 11) is 0. The van der Waals surface area contributed by atoms with Crippen molar-refractivity contribution in [2.75, 3.05) is 0 Å². The van der Waals surface area contributed by atoms with Gasteiger partial charge in [-0.15, -0.1) is 0 Å². The number of nitrogens with one attached hydrogen (secondary N) is 1. The molecular formula is C29H27NO7. The van der Waals surface area contributed by atoms with Gasteiger partial charge in [-0.05, 0) is 57.5 Å². The van der Waals surface area contributed by atoms with Crippen molar-refractivity contribution in [1.82, 2.24) is 5.32 Å². The van der Waals surface area contributed by atoms with Gasteiger partial charge in [0.1, 0.15) is 28.4 Å². The number of ether oxygens (including phenoxy) is 3. The Kier molecular flexibility index (Phi) is 7.29. The van der Waals surface area contributed by atoms with E-state index in [0.717, 1.165) is 0 Å². The Morgan fingerprint density at radius 2 is 1.54 bits per heavy atom. The molecule has 1 N–H and O–H groups in total. The molecule has 1 amide bonds. The van der Waals surface area contributed by atoms with Gasteiger partial charge in [0.25, 0.3) is 0 Å². The summed E-state index contributed by atoms with van der Waals surface area (Å²) in [6.45, 7) is 6.80. The Hall–Kier alpha value is -4.59. The molecule has 4 rings (SSSR count). The second-order valence-corrected chi connectivity index (χ2v) is 9.30. The maximum absolute atomic E-state index is 13.1. The van der Waals surface area contributed by atoms with Crippen LogP contribution in [0.5, 0.6) is 17.2 Å². The number of carbonyl (C=O) groups excluding carboxylic acids is 2. The Balaban J connectivity index is 1.59. The van der Waals surface area contributed by atoms with Crippen LogP contribution in [0.4, 0.5) is 4.79 Å². The number of para-hydroxylation sites is 1. The van der Waals surface area contributed by atoms with Crippen LogP contribution in [-0.4, -0.2) is 17.7 Å². The molecule has 1 heterocycles. The van der Waals surface area contributed by atoms with E-state index in [1.54, 1.807) is 82.3 Å². The van der Waals surface area contributed by atoms with Crippen molar-refractivity contribution >= 4 is 23.0 Å². The molecule has 0 spiro atoms. The van der Waals surface area contributed by atoms with E-state index in [1.165, 1.54) is 18.2 Å². The number of fused-ring (bicyclic) bond motifs is 1. The lowest BCUT2D eigenvalue weighted by Crippen LogP contribution is -2.39. The summed E-state index contributed by atoms with van der Waals surface area (Å²) in [5.41, 5.74) is -0.352. The number of rotatable bonds is 6. The van der Waals surface area contributed by atoms with E-state index < -0.39 is 23.7 Å². The monoisotopic (exact) mass is 501 g/mol. The minimum atomic E-state index is -1.12. The summed E-state index contributed by atoms with van der Waals surface area (Å²) in [6.07, 6.45) is -0.760. The second-order valence-electron chi connectivity index (χ2n) is 9.30. The molecule has 1 atom stereocenters. The Morgan fingerprint density at radius 1 is 0.892 bits per heavy atom. The Bertz CT molecular complexity index is 1470. The third-order valence-corrected chi connectivity index (χ3v) is 5.20. The fraction of sp³-hybridized carbons (Fsp3) is 0.207. The maximum Gasteiger partial charge on any atom is 0.408 e. The first-order valence-corrected chi connectivity index (χ1v) is 11.7. The molecule has 1 aromatic heterocycles. The zero-order valence-electron chi connectivity index (χ0n) is 20.9. The molecule has 0 saturated heterocycles.